The van der Waals surface area contributed by atoms with E-state index in [0.29, 0.717) is 4.90 Å². The van der Waals surface area contributed by atoms with E-state index in [1.54, 1.807) is 31.3 Å². The highest BCUT2D eigenvalue weighted by Gasteiger charge is 2.26. The Balaban J connectivity index is 3.01. The van der Waals surface area contributed by atoms with Crippen LogP contribution in [0.2, 0.25) is 0 Å². The molecule has 0 spiro atoms. The van der Waals surface area contributed by atoms with Crippen molar-refractivity contribution in [1.82, 2.24) is 4.31 Å². The van der Waals surface area contributed by atoms with Gasteiger partial charge in [-0.25, -0.2) is 8.42 Å². The third-order valence-electron chi connectivity index (χ3n) is 3.10. The second-order valence-corrected chi connectivity index (χ2v) is 7.24. The van der Waals surface area contributed by atoms with Crippen LogP contribution in [0, 0.1) is 0 Å². The lowest BCUT2D eigenvalue weighted by Gasteiger charge is -2.26. The van der Waals surface area contributed by atoms with Crippen LogP contribution >= 0.6 is 15.9 Å². The Morgan fingerprint density at radius 2 is 1.78 bits per heavy atom. The largest absolute Gasteiger partial charge is 0.243 e. The predicted octanol–water partition coefficient (Wildman–Crippen LogP) is 3.65. The maximum Gasteiger partial charge on any atom is 0.243 e. The van der Waals surface area contributed by atoms with Gasteiger partial charge in [-0.1, -0.05) is 36.2 Å². The van der Waals surface area contributed by atoms with E-state index in [2.05, 4.69) is 22.9 Å². The van der Waals surface area contributed by atoms with Crippen LogP contribution in [-0.4, -0.2) is 25.8 Å². The summed E-state index contributed by atoms with van der Waals surface area (Å²) < 4.78 is 27.2. The van der Waals surface area contributed by atoms with E-state index in [1.165, 1.54) is 4.31 Å². The molecule has 0 aromatic heterocycles. The van der Waals surface area contributed by atoms with Crippen LogP contribution in [-0.2, 0) is 10.0 Å². The molecule has 0 aliphatic rings. The standard InChI is InChI=1S/C13H20BrNO2S/c1-4-6-12(5-2)15(3)18(16,17)13-9-7-11(14)8-10-13/h7-10,12H,4-6H2,1-3H3. The van der Waals surface area contributed by atoms with Gasteiger partial charge in [-0.05, 0) is 37.1 Å². The Morgan fingerprint density at radius 1 is 1.22 bits per heavy atom. The third-order valence-corrected chi connectivity index (χ3v) is 5.55. The number of rotatable bonds is 6. The van der Waals surface area contributed by atoms with E-state index >= 15 is 0 Å². The van der Waals surface area contributed by atoms with Crippen molar-refractivity contribution in [2.45, 2.75) is 44.0 Å². The monoisotopic (exact) mass is 333 g/mol. The number of hydrogen-bond donors (Lipinski definition) is 0. The van der Waals surface area contributed by atoms with Crippen molar-refractivity contribution < 1.29 is 8.42 Å². The Labute approximate surface area is 118 Å². The molecular weight excluding hydrogens is 314 g/mol. The first-order valence-corrected chi connectivity index (χ1v) is 8.40. The van der Waals surface area contributed by atoms with Crippen LogP contribution in [0.15, 0.2) is 33.6 Å². The molecule has 1 atom stereocenters. The molecule has 0 fully saturated rings. The summed E-state index contributed by atoms with van der Waals surface area (Å²) in [6.45, 7) is 4.09. The highest BCUT2D eigenvalue weighted by molar-refractivity contribution is 9.10. The van der Waals surface area contributed by atoms with E-state index in [0.717, 1.165) is 23.7 Å². The molecule has 18 heavy (non-hydrogen) atoms. The molecule has 3 nitrogen and oxygen atoms in total. The Hall–Kier alpha value is -0.390. The zero-order valence-electron chi connectivity index (χ0n) is 11.1. The average molecular weight is 334 g/mol. The smallest absolute Gasteiger partial charge is 0.207 e. The molecule has 1 aromatic carbocycles. The Bertz CT molecular complexity index is 470. The van der Waals surface area contributed by atoms with Gasteiger partial charge in [0.1, 0.15) is 0 Å². The summed E-state index contributed by atoms with van der Waals surface area (Å²) in [5.41, 5.74) is 0. The van der Waals surface area contributed by atoms with Crippen molar-refractivity contribution in [1.29, 1.82) is 0 Å². The first-order valence-electron chi connectivity index (χ1n) is 6.17. The SMILES string of the molecule is CCCC(CC)N(C)S(=O)(=O)c1ccc(Br)cc1. The van der Waals surface area contributed by atoms with Crippen molar-refractivity contribution in [2.75, 3.05) is 7.05 Å². The highest BCUT2D eigenvalue weighted by Crippen LogP contribution is 2.21. The van der Waals surface area contributed by atoms with Crippen LogP contribution in [0.5, 0.6) is 0 Å². The average Bonchev–Trinajstić information content (AvgIpc) is 2.35. The van der Waals surface area contributed by atoms with Crippen molar-refractivity contribution in [2.24, 2.45) is 0 Å². The molecular formula is C13H20BrNO2S. The van der Waals surface area contributed by atoms with Gasteiger partial charge >= 0.3 is 0 Å². The number of hydrogen-bond acceptors (Lipinski definition) is 2. The topological polar surface area (TPSA) is 37.4 Å². The lowest BCUT2D eigenvalue weighted by atomic mass is 10.1. The molecule has 0 heterocycles. The molecule has 0 amide bonds. The molecule has 1 unspecified atom stereocenters. The van der Waals surface area contributed by atoms with Gasteiger partial charge in [0, 0.05) is 17.6 Å². The van der Waals surface area contributed by atoms with E-state index < -0.39 is 10.0 Å². The normalized spacial score (nSPS) is 13.8. The highest BCUT2D eigenvalue weighted by atomic mass is 79.9. The molecule has 102 valence electrons. The molecule has 1 aromatic rings. The Kier molecular flexibility index (Phi) is 5.82. The second-order valence-electron chi connectivity index (χ2n) is 4.33. The van der Waals surface area contributed by atoms with Gasteiger partial charge in [0.15, 0.2) is 0 Å². The number of benzene rings is 1. The minimum atomic E-state index is -3.38. The minimum absolute atomic E-state index is 0.0728. The van der Waals surface area contributed by atoms with Gasteiger partial charge in [0.05, 0.1) is 4.90 Å². The summed E-state index contributed by atoms with van der Waals surface area (Å²) in [4.78, 5) is 0.350. The van der Waals surface area contributed by atoms with Gasteiger partial charge in [-0.3, -0.25) is 0 Å². The molecule has 0 N–H and O–H groups in total. The van der Waals surface area contributed by atoms with Crippen LogP contribution in [0.4, 0.5) is 0 Å². The zero-order valence-corrected chi connectivity index (χ0v) is 13.5. The lowest BCUT2D eigenvalue weighted by Crippen LogP contribution is -2.36. The van der Waals surface area contributed by atoms with Crippen molar-refractivity contribution in [3.05, 3.63) is 28.7 Å². The molecule has 1 rings (SSSR count). The predicted molar refractivity (Wildman–Crippen MR) is 78.1 cm³/mol. The second kappa shape index (κ2) is 6.68. The van der Waals surface area contributed by atoms with Gasteiger partial charge in [0.2, 0.25) is 10.0 Å². The summed E-state index contributed by atoms with van der Waals surface area (Å²) in [6.07, 6.45) is 2.71. The van der Waals surface area contributed by atoms with E-state index in [-0.39, 0.29) is 6.04 Å². The first-order chi connectivity index (χ1) is 8.43. The minimum Gasteiger partial charge on any atom is -0.207 e. The van der Waals surface area contributed by atoms with E-state index in [9.17, 15) is 8.42 Å². The molecule has 0 radical (unpaired) electrons. The van der Waals surface area contributed by atoms with Gasteiger partial charge in [0.25, 0.3) is 0 Å². The molecule has 0 aliphatic carbocycles. The van der Waals surface area contributed by atoms with Crippen LogP contribution in [0.3, 0.4) is 0 Å². The molecule has 0 saturated heterocycles. The third kappa shape index (κ3) is 3.56. The first kappa shape index (κ1) is 15.7. The molecule has 5 heteroatoms. The van der Waals surface area contributed by atoms with Crippen molar-refractivity contribution >= 4 is 26.0 Å². The number of halogens is 1. The van der Waals surface area contributed by atoms with Crippen molar-refractivity contribution in [3.63, 3.8) is 0 Å². The summed E-state index contributed by atoms with van der Waals surface area (Å²) in [5.74, 6) is 0. The van der Waals surface area contributed by atoms with Crippen LogP contribution < -0.4 is 0 Å². The lowest BCUT2D eigenvalue weighted by molar-refractivity contribution is 0.338. The summed E-state index contributed by atoms with van der Waals surface area (Å²) in [6, 6.07) is 6.84. The maximum absolute atomic E-state index is 12.4. The fourth-order valence-corrected chi connectivity index (χ4v) is 3.67. The number of sulfonamides is 1. The van der Waals surface area contributed by atoms with E-state index in [1.807, 2.05) is 6.92 Å². The van der Waals surface area contributed by atoms with E-state index in [4.69, 9.17) is 0 Å². The van der Waals surface area contributed by atoms with Crippen LogP contribution in [0.1, 0.15) is 33.1 Å². The zero-order chi connectivity index (χ0) is 13.8. The van der Waals surface area contributed by atoms with Gasteiger partial charge in [-0.2, -0.15) is 4.31 Å². The van der Waals surface area contributed by atoms with Gasteiger partial charge < -0.3 is 0 Å². The summed E-state index contributed by atoms with van der Waals surface area (Å²) >= 11 is 3.31. The van der Waals surface area contributed by atoms with Gasteiger partial charge in [-0.15, -0.1) is 0 Å². The fourth-order valence-electron chi connectivity index (χ4n) is 1.95. The fraction of sp³-hybridized carbons (Fsp3) is 0.538. The maximum atomic E-state index is 12.4. The molecule has 0 aliphatic heterocycles. The number of nitrogens with zero attached hydrogens (tertiary/aromatic N) is 1. The summed E-state index contributed by atoms with van der Waals surface area (Å²) in [5, 5.41) is 0. The van der Waals surface area contributed by atoms with Crippen LogP contribution in [0.25, 0.3) is 0 Å². The molecule has 0 saturated carbocycles. The summed E-state index contributed by atoms with van der Waals surface area (Å²) in [7, 11) is -1.71. The Morgan fingerprint density at radius 3 is 2.22 bits per heavy atom. The van der Waals surface area contributed by atoms with Crippen molar-refractivity contribution in [3.8, 4) is 0 Å². The quantitative estimate of drug-likeness (QED) is 0.796. The molecule has 0 bridgehead atoms.